The molecule has 15 heavy (non-hydrogen) atoms. The summed E-state index contributed by atoms with van der Waals surface area (Å²) in [6, 6.07) is 4.49. The van der Waals surface area contributed by atoms with Gasteiger partial charge in [0, 0.05) is 25.3 Å². The van der Waals surface area contributed by atoms with Crippen molar-refractivity contribution in [1.29, 1.82) is 0 Å². The lowest BCUT2D eigenvalue weighted by molar-refractivity contribution is 0.281. The second kappa shape index (κ2) is 4.45. The van der Waals surface area contributed by atoms with Gasteiger partial charge in [-0.15, -0.1) is 6.58 Å². The minimum Gasteiger partial charge on any atom is -0.397 e. The second-order valence-electron chi connectivity index (χ2n) is 3.99. The monoisotopic (exact) mass is 203 g/mol. The number of nitrogen functional groups attached to an aromatic ring is 1. The van der Waals surface area contributed by atoms with Crippen molar-refractivity contribution in [1.82, 2.24) is 9.88 Å². The Labute approximate surface area is 90.6 Å². The zero-order valence-electron chi connectivity index (χ0n) is 8.89. The molecular weight excluding hydrogens is 186 g/mol. The number of hydrogen-bond donors (Lipinski definition) is 1. The van der Waals surface area contributed by atoms with Gasteiger partial charge < -0.3 is 5.73 Å². The summed E-state index contributed by atoms with van der Waals surface area (Å²) < 4.78 is 0. The first-order valence-corrected chi connectivity index (χ1v) is 5.35. The SMILES string of the molecule is C=CCN(Cc1ncccc1N)C1CC1. The van der Waals surface area contributed by atoms with Crippen molar-refractivity contribution >= 4 is 5.69 Å². The number of hydrogen-bond acceptors (Lipinski definition) is 3. The quantitative estimate of drug-likeness (QED) is 0.742. The standard InChI is InChI=1S/C12H17N3/c1-2-8-15(10-5-6-10)9-12-11(13)4-3-7-14-12/h2-4,7,10H,1,5-6,8-9,13H2. The van der Waals surface area contributed by atoms with Crippen LogP contribution in [0, 0.1) is 0 Å². The van der Waals surface area contributed by atoms with Crippen LogP contribution in [0.15, 0.2) is 31.0 Å². The van der Waals surface area contributed by atoms with Crippen molar-refractivity contribution in [2.75, 3.05) is 12.3 Å². The van der Waals surface area contributed by atoms with Crippen LogP contribution >= 0.6 is 0 Å². The van der Waals surface area contributed by atoms with Gasteiger partial charge in [-0.1, -0.05) is 6.08 Å². The van der Waals surface area contributed by atoms with E-state index in [1.54, 1.807) is 6.20 Å². The molecule has 2 N–H and O–H groups in total. The van der Waals surface area contributed by atoms with Crippen LogP contribution in [0.3, 0.4) is 0 Å². The molecule has 1 saturated carbocycles. The number of nitrogens with zero attached hydrogens (tertiary/aromatic N) is 2. The van der Waals surface area contributed by atoms with Crippen LogP contribution < -0.4 is 5.73 Å². The van der Waals surface area contributed by atoms with E-state index in [1.165, 1.54) is 12.8 Å². The summed E-state index contributed by atoms with van der Waals surface area (Å²) in [7, 11) is 0. The van der Waals surface area contributed by atoms with Gasteiger partial charge in [0.2, 0.25) is 0 Å². The van der Waals surface area contributed by atoms with Gasteiger partial charge in [0.1, 0.15) is 0 Å². The highest BCUT2D eigenvalue weighted by Gasteiger charge is 2.28. The van der Waals surface area contributed by atoms with Gasteiger partial charge >= 0.3 is 0 Å². The van der Waals surface area contributed by atoms with Crippen LogP contribution in [0.25, 0.3) is 0 Å². The average molecular weight is 203 g/mol. The Bertz CT molecular complexity index is 344. The van der Waals surface area contributed by atoms with E-state index in [9.17, 15) is 0 Å². The van der Waals surface area contributed by atoms with Gasteiger partial charge in [-0.2, -0.15) is 0 Å². The van der Waals surface area contributed by atoms with Crippen LogP contribution in [0.1, 0.15) is 18.5 Å². The fourth-order valence-electron chi connectivity index (χ4n) is 1.72. The first kappa shape index (κ1) is 10.2. The molecule has 0 radical (unpaired) electrons. The molecule has 0 unspecified atom stereocenters. The van der Waals surface area contributed by atoms with Gasteiger partial charge in [0.25, 0.3) is 0 Å². The van der Waals surface area contributed by atoms with E-state index in [0.29, 0.717) is 6.04 Å². The maximum Gasteiger partial charge on any atom is 0.0772 e. The smallest absolute Gasteiger partial charge is 0.0772 e. The molecule has 3 heteroatoms. The predicted molar refractivity (Wildman–Crippen MR) is 62.3 cm³/mol. The van der Waals surface area contributed by atoms with Crippen LogP contribution in [-0.2, 0) is 6.54 Å². The van der Waals surface area contributed by atoms with E-state index in [2.05, 4.69) is 16.5 Å². The lowest BCUT2D eigenvalue weighted by atomic mass is 10.2. The Hall–Kier alpha value is -1.35. The molecule has 1 aromatic heterocycles. The maximum atomic E-state index is 5.87. The van der Waals surface area contributed by atoms with Crippen molar-refractivity contribution in [2.24, 2.45) is 0 Å². The van der Waals surface area contributed by atoms with Crippen molar-refractivity contribution in [3.8, 4) is 0 Å². The van der Waals surface area contributed by atoms with Crippen LogP contribution in [0.2, 0.25) is 0 Å². The number of aromatic nitrogens is 1. The highest BCUT2D eigenvalue weighted by molar-refractivity contribution is 5.41. The molecule has 1 aliphatic carbocycles. The van der Waals surface area contributed by atoms with Crippen molar-refractivity contribution in [3.05, 3.63) is 36.7 Å². The van der Waals surface area contributed by atoms with Gasteiger partial charge in [0.05, 0.1) is 11.4 Å². The molecule has 0 aromatic carbocycles. The normalized spacial score (nSPS) is 15.5. The summed E-state index contributed by atoms with van der Waals surface area (Å²) in [5, 5.41) is 0. The number of rotatable bonds is 5. The number of anilines is 1. The Kier molecular flexibility index (Phi) is 3.02. The molecule has 0 spiro atoms. The molecule has 0 bridgehead atoms. The first-order chi connectivity index (χ1) is 7.31. The van der Waals surface area contributed by atoms with E-state index in [-0.39, 0.29) is 0 Å². The number of pyridine rings is 1. The van der Waals surface area contributed by atoms with E-state index in [1.807, 2.05) is 18.2 Å². The van der Waals surface area contributed by atoms with E-state index in [4.69, 9.17) is 5.73 Å². The summed E-state index contributed by atoms with van der Waals surface area (Å²) in [4.78, 5) is 6.69. The Balaban J connectivity index is 2.05. The highest BCUT2D eigenvalue weighted by atomic mass is 15.2. The summed E-state index contributed by atoms with van der Waals surface area (Å²) >= 11 is 0. The van der Waals surface area contributed by atoms with E-state index < -0.39 is 0 Å². The van der Waals surface area contributed by atoms with Crippen molar-refractivity contribution < 1.29 is 0 Å². The fourth-order valence-corrected chi connectivity index (χ4v) is 1.72. The topological polar surface area (TPSA) is 42.2 Å². The van der Waals surface area contributed by atoms with Crippen LogP contribution in [-0.4, -0.2) is 22.5 Å². The average Bonchev–Trinajstić information content (AvgIpc) is 3.04. The zero-order valence-corrected chi connectivity index (χ0v) is 8.89. The molecule has 80 valence electrons. The molecule has 1 heterocycles. The molecule has 0 saturated heterocycles. The first-order valence-electron chi connectivity index (χ1n) is 5.35. The molecule has 0 aliphatic heterocycles. The van der Waals surface area contributed by atoms with Crippen LogP contribution in [0.5, 0.6) is 0 Å². The third-order valence-electron chi connectivity index (χ3n) is 2.71. The van der Waals surface area contributed by atoms with Gasteiger partial charge in [-0.3, -0.25) is 9.88 Å². The van der Waals surface area contributed by atoms with Crippen molar-refractivity contribution in [3.63, 3.8) is 0 Å². The fraction of sp³-hybridized carbons (Fsp3) is 0.417. The predicted octanol–water partition coefficient (Wildman–Crippen LogP) is 1.81. The molecule has 1 fully saturated rings. The third kappa shape index (κ3) is 2.57. The summed E-state index contributed by atoms with van der Waals surface area (Å²) in [6.07, 6.45) is 6.32. The lowest BCUT2D eigenvalue weighted by Gasteiger charge is -2.20. The molecule has 0 atom stereocenters. The minimum absolute atomic E-state index is 0.712. The number of nitrogens with two attached hydrogens (primary N) is 1. The molecular formula is C12H17N3. The van der Waals surface area contributed by atoms with E-state index in [0.717, 1.165) is 24.5 Å². The largest absolute Gasteiger partial charge is 0.397 e. The summed E-state index contributed by atoms with van der Waals surface area (Å²) in [6.45, 7) is 5.54. The molecule has 0 amide bonds. The minimum atomic E-state index is 0.712. The molecule has 1 aromatic rings. The Morgan fingerprint density at radius 3 is 3.00 bits per heavy atom. The summed E-state index contributed by atoms with van der Waals surface area (Å²) in [5.41, 5.74) is 7.63. The molecule has 1 aliphatic rings. The van der Waals surface area contributed by atoms with Gasteiger partial charge in [-0.25, -0.2) is 0 Å². The van der Waals surface area contributed by atoms with Crippen LogP contribution in [0.4, 0.5) is 5.69 Å². The second-order valence-corrected chi connectivity index (χ2v) is 3.99. The Morgan fingerprint density at radius 2 is 2.40 bits per heavy atom. The Morgan fingerprint density at radius 1 is 1.60 bits per heavy atom. The molecule has 2 rings (SSSR count). The maximum absolute atomic E-state index is 5.87. The van der Waals surface area contributed by atoms with E-state index >= 15 is 0 Å². The highest BCUT2D eigenvalue weighted by Crippen LogP contribution is 2.28. The lowest BCUT2D eigenvalue weighted by Crippen LogP contribution is -2.26. The third-order valence-corrected chi connectivity index (χ3v) is 2.71. The van der Waals surface area contributed by atoms with Gasteiger partial charge in [-0.05, 0) is 25.0 Å². The molecule has 3 nitrogen and oxygen atoms in total. The summed E-state index contributed by atoms with van der Waals surface area (Å²) in [5.74, 6) is 0. The van der Waals surface area contributed by atoms with Gasteiger partial charge in [0.15, 0.2) is 0 Å². The van der Waals surface area contributed by atoms with Crippen molar-refractivity contribution in [2.45, 2.75) is 25.4 Å². The zero-order chi connectivity index (χ0) is 10.7.